The molecule has 0 saturated heterocycles. The van der Waals surface area contributed by atoms with Gasteiger partial charge in [-0.05, 0) is 59.0 Å². The molecule has 0 aliphatic carbocycles. The van der Waals surface area contributed by atoms with Crippen molar-refractivity contribution in [3.63, 3.8) is 0 Å². The van der Waals surface area contributed by atoms with Gasteiger partial charge in [-0.2, -0.15) is 11.3 Å². The Balaban J connectivity index is 1.51. The number of thiazole rings is 1. The van der Waals surface area contributed by atoms with Gasteiger partial charge in [-0.15, -0.1) is 11.3 Å². The zero-order valence-corrected chi connectivity index (χ0v) is 15.0. The summed E-state index contributed by atoms with van der Waals surface area (Å²) < 4.78 is 10.9. The Bertz CT molecular complexity index is 801. The molecule has 0 spiro atoms. The van der Waals surface area contributed by atoms with Gasteiger partial charge in [0, 0.05) is 18.1 Å². The summed E-state index contributed by atoms with van der Waals surface area (Å²) in [6.07, 6.45) is 2.81. The number of ether oxygens (including phenoxy) is 2. The second-order valence-corrected chi connectivity index (χ2v) is 7.48. The van der Waals surface area contributed by atoms with Crippen LogP contribution in [0.5, 0.6) is 11.5 Å². The molecule has 1 aliphatic heterocycles. The molecule has 2 aromatic heterocycles. The Hall–Kier alpha value is -1.89. The molecule has 1 aliphatic rings. The Kier molecular flexibility index (Phi) is 4.51. The van der Waals surface area contributed by atoms with Gasteiger partial charge in [-0.3, -0.25) is 0 Å². The van der Waals surface area contributed by atoms with Gasteiger partial charge >= 0.3 is 0 Å². The van der Waals surface area contributed by atoms with Crippen molar-refractivity contribution in [2.75, 3.05) is 6.79 Å². The van der Waals surface area contributed by atoms with Gasteiger partial charge in [0.15, 0.2) is 11.5 Å². The summed E-state index contributed by atoms with van der Waals surface area (Å²) in [5.41, 5.74) is 3.78. The highest BCUT2D eigenvalue weighted by Crippen LogP contribution is 2.34. The maximum atomic E-state index is 5.50. The highest BCUT2D eigenvalue weighted by molar-refractivity contribution is 7.09. The van der Waals surface area contributed by atoms with Crippen molar-refractivity contribution < 1.29 is 9.47 Å². The topological polar surface area (TPSA) is 43.4 Å². The second kappa shape index (κ2) is 6.93. The van der Waals surface area contributed by atoms with E-state index in [1.54, 1.807) is 22.7 Å². The molecule has 6 heteroatoms. The first-order chi connectivity index (χ1) is 11.8. The summed E-state index contributed by atoms with van der Waals surface area (Å²) in [7, 11) is 0. The summed E-state index contributed by atoms with van der Waals surface area (Å²) in [6.45, 7) is 3.19. The molecule has 4 nitrogen and oxygen atoms in total. The maximum absolute atomic E-state index is 5.50. The van der Waals surface area contributed by atoms with Crippen molar-refractivity contribution in [3.8, 4) is 11.5 Å². The van der Waals surface area contributed by atoms with Crippen molar-refractivity contribution in [1.82, 2.24) is 10.3 Å². The lowest BCUT2D eigenvalue weighted by atomic mass is 10.1. The monoisotopic (exact) mass is 358 g/mol. The number of fused-ring (bicyclic) bond motifs is 1. The van der Waals surface area contributed by atoms with Crippen molar-refractivity contribution >= 4 is 22.7 Å². The first kappa shape index (κ1) is 15.6. The van der Waals surface area contributed by atoms with Gasteiger partial charge < -0.3 is 14.8 Å². The zero-order valence-electron chi connectivity index (χ0n) is 13.3. The number of benzene rings is 1. The van der Waals surface area contributed by atoms with Crippen LogP contribution >= 0.6 is 22.7 Å². The fourth-order valence-electron chi connectivity index (χ4n) is 2.81. The molecule has 0 bridgehead atoms. The minimum Gasteiger partial charge on any atom is -0.454 e. The smallest absolute Gasteiger partial charge is 0.231 e. The Morgan fingerprint density at radius 3 is 2.88 bits per heavy atom. The number of aryl methyl sites for hydroxylation is 1. The van der Waals surface area contributed by atoms with Crippen molar-refractivity contribution in [2.45, 2.75) is 25.9 Å². The molecule has 0 saturated carbocycles. The molecular formula is C18H18N2O2S2. The van der Waals surface area contributed by atoms with Crippen LogP contribution in [-0.2, 0) is 13.0 Å². The fourth-order valence-corrected chi connectivity index (χ4v) is 4.20. The van der Waals surface area contributed by atoms with Crippen molar-refractivity contribution in [1.29, 1.82) is 0 Å². The minimum atomic E-state index is 0.212. The average Bonchev–Trinajstić information content (AvgIpc) is 3.32. The lowest BCUT2D eigenvalue weighted by Gasteiger charge is -2.17. The quantitative estimate of drug-likeness (QED) is 0.713. The molecule has 1 atom stereocenters. The molecule has 0 fully saturated rings. The van der Waals surface area contributed by atoms with Gasteiger partial charge in [0.2, 0.25) is 6.79 Å². The number of hydrogen-bond acceptors (Lipinski definition) is 6. The molecule has 0 radical (unpaired) electrons. The van der Waals surface area contributed by atoms with E-state index in [0.29, 0.717) is 6.79 Å². The molecule has 0 unspecified atom stereocenters. The predicted octanol–water partition coefficient (Wildman–Crippen LogP) is 4.32. The maximum Gasteiger partial charge on any atom is 0.231 e. The number of aromatic nitrogens is 1. The van der Waals surface area contributed by atoms with E-state index in [-0.39, 0.29) is 6.04 Å². The van der Waals surface area contributed by atoms with Crippen LogP contribution in [0, 0.1) is 6.92 Å². The minimum absolute atomic E-state index is 0.212. The van der Waals surface area contributed by atoms with Crippen LogP contribution in [-0.4, -0.2) is 11.8 Å². The van der Waals surface area contributed by atoms with Gasteiger partial charge in [0.1, 0.15) is 5.01 Å². The number of nitrogens with zero attached hydrogens (tertiary/aromatic N) is 1. The van der Waals surface area contributed by atoms with Crippen LogP contribution in [0.1, 0.15) is 27.7 Å². The van der Waals surface area contributed by atoms with E-state index in [0.717, 1.165) is 29.5 Å². The fraction of sp³-hybridized carbons (Fsp3) is 0.278. The molecule has 1 aromatic carbocycles. The summed E-state index contributed by atoms with van der Waals surface area (Å²) in [6, 6.07) is 6.52. The van der Waals surface area contributed by atoms with Crippen LogP contribution in [0.15, 0.2) is 40.5 Å². The van der Waals surface area contributed by atoms with E-state index in [1.807, 2.05) is 11.6 Å². The third-order valence-electron chi connectivity index (χ3n) is 4.14. The van der Waals surface area contributed by atoms with E-state index in [4.69, 9.17) is 9.47 Å². The first-order valence-corrected chi connectivity index (χ1v) is 9.65. The lowest BCUT2D eigenvalue weighted by molar-refractivity contribution is 0.174. The molecule has 124 valence electrons. The summed E-state index contributed by atoms with van der Waals surface area (Å²) >= 11 is 3.43. The van der Waals surface area contributed by atoms with Crippen LogP contribution in [0.4, 0.5) is 0 Å². The molecule has 4 rings (SSSR count). The van der Waals surface area contributed by atoms with E-state index in [1.165, 1.54) is 16.7 Å². The number of hydrogen-bond donors (Lipinski definition) is 1. The average molecular weight is 358 g/mol. The number of nitrogens with one attached hydrogen (secondary N) is 1. The van der Waals surface area contributed by atoms with E-state index in [2.05, 4.69) is 46.2 Å². The first-order valence-electron chi connectivity index (χ1n) is 7.82. The molecule has 24 heavy (non-hydrogen) atoms. The summed E-state index contributed by atoms with van der Waals surface area (Å²) in [5.74, 6) is 1.67. The number of rotatable bonds is 6. The number of thiophene rings is 1. The SMILES string of the molecule is Cc1cc2c(cc1CN[C@H](Cc1ccsc1)c1nccs1)OCO2. The predicted molar refractivity (Wildman–Crippen MR) is 97.0 cm³/mol. The van der Waals surface area contributed by atoms with Crippen molar-refractivity contribution in [2.24, 2.45) is 0 Å². The Morgan fingerprint density at radius 1 is 1.25 bits per heavy atom. The van der Waals surface area contributed by atoms with Gasteiger partial charge in [-0.1, -0.05) is 0 Å². The molecule has 3 heterocycles. The molecule has 0 amide bonds. The molecular weight excluding hydrogens is 340 g/mol. The largest absolute Gasteiger partial charge is 0.454 e. The van der Waals surface area contributed by atoms with Crippen LogP contribution in [0.3, 0.4) is 0 Å². The van der Waals surface area contributed by atoms with E-state index < -0.39 is 0 Å². The van der Waals surface area contributed by atoms with E-state index >= 15 is 0 Å². The molecule has 3 aromatic rings. The van der Waals surface area contributed by atoms with Crippen LogP contribution in [0.25, 0.3) is 0 Å². The summed E-state index contributed by atoms with van der Waals surface area (Å²) in [4.78, 5) is 4.50. The highest BCUT2D eigenvalue weighted by Gasteiger charge is 2.18. The van der Waals surface area contributed by atoms with Gasteiger partial charge in [0.25, 0.3) is 0 Å². The Morgan fingerprint density at radius 2 is 2.12 bits per heavy atom. The van der Waals surface area contributed by atoms with Gasteiger partial charge in [-0.25, -0.2) is 4.98 Å². The van der Waals surface area contributed by atoms with Crippen LogP contribution < -0.4 is 14.8 Å². The third-order valence-corrected chi connectivity index (χ3v) is 5.76. The molecule has 1 N–H and O–H groups in total. The normalized spacial score (nSPS) is 14.0. The second-order valence-electron chi connectivity index (χ2n) is 5.77. The standard InChI is InChI=1S/C18H18N2O2S2/c1-12-6-16-17(22-11-21-16)8-14(12)9-20-15(18-19-3-5-24-18)7-13-2-4-23-10-13/h2-6,8,10,15,20H,7,9,11H2,1H3/t15-/m1/s1. The zero-order chi connectivity index (χ0) is 16.4. The van der Waals surface area contributed by atoms with Crippen LogP contribution in [0.2, 0.25) is 0 Å². The third kappa shape index (κ3) is 3.31. The van der Waals surface area contributed by atoms with Gasteiger partial charge in [0.05, 0.1) is 6.04 Å². The van der Waals surface area contributed by atoms with Crippen molar-refractivity contribution in [3.05, 3.63) is 62.2 Å². The summed E-state index contributed by atoms with van der Waals surface area (Å²) in [5, 5.41) is 11.1. The highest BCUT2D eigenvalue weighted by atomic mass is 32.1. The van der Waals surface area contributed by atoms with E-state index in [9.17, 15) is 0 Å². The Labute approximate surface area is 149 Å². The lowest BCUT2D eigenvalue weighted by Crippen LogP contribution is -2.23.